The van der Waals surface area contributed by atoms with Crippen LogP contribution in [0.3, 0.4) is 0 Å². The molecule has 2 fully saturated rings. The average Bonchev–Trinajstić information content (AvgIpc) is 2.90. The molecule has 0 atom stereocenters. The van der Waals surface area contributed by atoms with Crippen molar-refractivity contribution < 1.29 is 0 Å². The first kappa shape index (κ1) is 29.5. The van der Waals surface area contributed by atoms with Crippen molar-refractivity contribution >= 4 is 16.7 Å². The number of likely N-dealkylation sites (tertiary alicyclic amines) is 1. The highest BCUT2D eigenvalue weighted by Gasteiger charge is 2.19. The van der Waals surface area contributed by atoms with Crippen molar-refractivity contribution in [3.63, 3.8) is 0 Å². The molecule has 5 nitrogen and oxygen atoms in total. The Hall–Kier alpha value is -1.72. The Morgan fingerprint density at radius 2 is 1.60 bits per heavy atom. The smallest absolute Gasteiger partial charge is 0.139 e. The third-order valence-corrected chi connectivity index (χ3v) is 7.37. The SMILES string of the molecule is CC.CCC1CCC(CNCCCN2CCCCC2)CC1.Cc1nc(N(C)C)c2ccccc2n1. The van der Waals surface area contributed by atoms with Crippen LogP contribution < -0.4 is 10.2 Å². The normalized spacial score (nSPS) is 20.4. The van der Waals surface area contributed by atoms with E-state index in [1.165, 1.54) is 90.5 Å². The lowest BCUT2D eigenvalue weighted by atomic mass is 9.81. The molecule has 0 radical (unpaired) electrons. The van der Waals surface area contributed by atoms with Gasteiger partial charge < -0.3 is 15.1 Å². The van der Waals surface area contributed by atoms with Gasteiger partial charge in [-0.3, -0.25) is 0 Å². The standard InChI is InChI=1S/C17H34N2.C11H13N3.C2H6/c1-2-16-7-9-17(10-8-16)15-18-11-6-14-19-12-4-3-5-13-19;1-8-12-10-7-5-4-6-9(10)11(13-8)14(2)3;1-2/h16-18H,2-15H2,1H3;4-7H,1-3H3;1-2H3. The maximum Gasteiger partial charge on any atom is 0.139 e. The fourth-order valence-corrected chi connectivity index (χ4v) is 5.27. The van der Waals surface area contributed by atoms with Crippen molar-refractivity contribution in [2.24, 2.45) is 11.8 Å². The van der Waals surface area contributed by atoms with E-state index in [9.17, 15) is 0 Å². The van der Waals surface area contributed by atoms with E-state index in [0.29, 0.717) is 0 Å². The molecule has 1 aromatic heterocycles. The van der Waals surface area contributed by atoms with Gasteiger partial charge >= 0.3 is 0 Å². The molecule has 1 saturated heterocycles. The van der Waals surface area contributed by atoms with Gasteiger partial charge in [0.1, 0.15) is 11.6 Å². The zero-order valence-electron chi connectivity index (χ0n) is 23.7. The van der Waals surface area contributed by atoms with E-state index < -0.39 is 0 Å². The van der Waals surface area contributed by atoms with Crippen LogP contribution in [0, 0.1) is 18.8 Å². The van der Waals surface area contributed by atoms with Gasteiger partial charge in [0.05, 0.1) is 5.52 Å². The van der Waals surface area contributed by atoms with E-state index in [2.05, 4.69) is 27.1 Å². The fourth-order valence-electron chi connectivity index (χ4n) is 5.27. The van der Waals surface area contributed by atoms with E-state index in [-0.39, 0.29) is 0 Å². The van der Waals surface area contributed by atoms with Crippen molar-refractivity contribution in [1.82, 2.24) is 20.2 Å². The van der Waals surface area contributed by atoms with Gasteiger partial charge in [-0.1, -0.05) is 58.6 Å². The van der Waals surface area contributed by atoms with Gasteiger partial charge in [0.25, 0.3) is 0 Å². The summed E-state index contributed by atoms with van der Waals surface area (Å²) < 4.78 is 0. The molecule has 1 saturated carbocycles. The summed E-state index contributed by atoms with van der Waals surface area (Å²) >= 11 is 0. The monoisotopic (exact) mass is 483 g/mol. The molecular weight excluding hydrogens is 430 g/mol. The largest absolute Gasteiger partial charge is 0.362 e. The van der Waals surface area contributed by atoms with E-state index >= 15 is 0 Å². The number of aryl methyl sites for hydroxylation is 1. The van der Waals surface area contributed by atoms with Crippen molar-refractivity contribution in [2.45, 2.75) is 85.5 Å². The number of anilines is 1. The zero-order valence-corrected chi connectivity index (χ0v) is 23.7. The van der Waals surface area contributed by atoms with Crippen LogP contribution in [-0.4, -0.2) is 61.7 Å². The molecule has 4 rings (SSSR count). The Morgan fingerprint density at radius 3 is 2.26 bits per heavy atom. The molecule has 1 aliphatic heterocycles. The topological polar surface area (TPSA) is 44.3 Å². The van der Waals surface area contributed by atoms with Crippen LogP contribution in [0.15, 0.2) is 24.3 Å². The second kappa shape index (κ2) is 16.9. The van der Waals surface area contributed by atoms with Crippen molar-refractivity contribution in [1.29, 1.82) is 0 Å². The Kier molecular flexibility index (Phi) is 14.2. The lowest BCUT2D eigenvalue weighted by molar-refractivity contribution is 0.223. The first-order valence-electron chi connectivity index (χ1n) is 14.4. The molecule has 1 aromatic carbocycles. The van der Waals surface area contributed by atoms with E-state index in [4.69, 9.17) is 0 Å². The van der Waals surface area contributed by atoms with Gasteiger partial charge in [-0.05, 0) is 95.7 Å². The van der Waals surface area contributed by atoms with E-state index in [1.807, 2.05) is 64.0 Å². The highest BCUT2D eigenvalue weighted by molar-refractivity contribution is 5.89. The predicted molar refractivity (Wildman–Crippen MR) is 153 cm³/mol. The minimum Gasteiger partial charge on any atom is -0.362 e. The molecule has 35 heavy (non-hydrogen) atoms. The fraction of sp³-hybridized carbons (Fsp3) is 0.733. The number of hydrogen-bond donors (Lipinski definition) is 1. The summed E-state index contributed by atoms with van der Waals surface area (Å²) in [6.07, 6.45) is 12.9. The van der Waals surface area contributed by atoms with E-state index in [0.717, 1.165) is 34.4 Å². The second-order valence-corrected chi connectivity index (χ2v) is 10.3. The lowest BCUT2D eigenvalue weighted by Crippen LogP contribution is -2.33. The summed E-state index contributed by atoms with van der Waals surface area (Å²) in [4.78, 5) is 13.5. The highest BCUT2D eigenvalue weighted by atomic mass is 15.1. The Balaban J connectivity index is 0.000000239. The molecule has 5 heteroatoms. The summed E-state index contributed by atoms with van der Waals surface area (Å²) in [6, 6.07) is 8.06. The molecule has 0 unspecified atom stereocenters. The molecule has 198 valence electrons. The van der Waals surface area contributed by atoms with Crippen LogP contribution in [0.25, 0.3) is 10.9 Å². The van der Waals surface area contributed by atoms with Crippen LogP contribution >= 0.6 is 0 Å². The van der Waals surface area contributed by atoms with Gasteiger partial charge in [-0.2, -0.15) is 0 Å². The number of aromatic nitrogens is 2. The van der Waals surface area contributed by atoms with E-state index in [1.54, 1.807) is 0 Å². The van der Waals surface area contributed by atoms with Crippen LogP contribution in [-0.2, 0) is 0 Å². The summed E-state index contributed by atoms with van der Waals surface area (Å²) in [5, 5.41) is 4.80. The van der Waals surface area contributed by atoms with Crippen LogP contribution in [0.4, 0.5) is 5.82 Å². The molecule has 0 bridgehead atoms. The van der Waals surface area contributed by atoms with Crippen LogP contribution in [0.1, 0.15) is 84.4 Å². The zero-order chi connectivity index (χ0) is 25.5. The van der Waals surface area contributed by atoms with Crippen molar-refractivity contribution in [3.05, 3.63) is 30.1 Å². The second-order valence-electron chi connectivity index (χ2n) is 10.3. The summed E-state index contributed by atoms with van der Waals surface area (Å²) in [5.74, 6) is 3.80. The number of rotatable bonds is 8. The van der Waals surface area contributed by atoms with Gasteiger partial charge in [0.2, 0.25) is 0 Å². The molecule has 2 aliphatic rings. The molecule has 2 aromatic rings. The minimum atomic E-state index is 0.812. The first-order chi connectivity index (χ1) is 17.1. The van der Waals surface area contributed by atoms with Crippen molar-refractivity contribution in [2.75, 3.05) is 51.7 Å². The molecular formula is C30H53N5. The Morgan fingerprint density at radius 1 is 0.943 bits per heavy atom. The number of benzene rings is 1. The van der Waals surface area contributed by atoms with Crippen molar-refractivity contribution in [3.8, 4) is 0 Å². The number of piperidine rings is 1. The summed E-state index contributed by atoms with van der Waals surface area (Å²) in [7, 11) is 3.99. The Labute approximate surface area is 216 Å². The lowest BCUT2D eigenvalue weighted by Gasteiger charge is -2.28. The van der Waals surface area contributed by atoms with Gasteiger partial charge in [0, 0.05) is 19.5 Å². The maximum atomic E-state index is 4.42. The number of para-hydroxylation sites is 1. The van der Waals surface area contributed by atoms with Gasteiger partial charge in [0.15, 0.2) is 0 Å². The number of fused-ring (bicyclic) bond motifs is 1. The number of nitrogens with one attached hydrogen (secondary N) is 1. The molecule has 2 heterocycles. The third kappa shape index (κ3) is 10.4. The van der Waals surface area contributed by atoms with Gasteiger partial charge in [-0.25, -0.2) is 9.97 Å². The average molecular weight is 484 g/mol. The van der Waals surface area contributed by atoms with Crippen LogP contribution in [0.5, 0.6) is 0 Å². The number of hydrogen-bond acceptors (Lipinski definition) is 5. The Bertz CT molecular complexity index is 807. The van der Waals surface area contributed by atoms with Gasteiger partial charge in [-0.15, -0.1) is 0 Å². The third-order valence-electron chi connectivity index (χ3n) is 7.37. The first-order valence-corrected chi connectivity index (χ1v) is 14.4. The highest BCUT2D eigenvalue weighted by Crippen LogP contribution is 2.30. The number of nitrogens with zero attached hydrogens (tertiary/aromatic N) is 4. The quantitative estimate of drug-likeness (QED) is 0.423. The molecule has 1 aliphatic carbocycles. The summed E-state index contributed by atoms with van der Waals surface area (Å²) in [6.45, 7) is 14.8. The summed E-state index contributed by atoms with van der Waals surface area (Å²) in [5.41, 5.74) is 1.00. The molecule has 0 spiro atoms. The molecule has 0 amide bonds. The predicted octanol–water partition coefficient (Wildman–Crippen LogP) is 6.70. The maximum absolute atomic E-state index is 4.42. The molecule has 1 N–H and O–H groups in total. The minimum absolute atomic E-state index is 0.812. The van der Waals surface area contributed by atoms with Crippen LogP contribution in [0.2, 0.25) is 0 Å².